The van der Waals surface area contributed by atoms with Crippen molar-refractivity contribution in [3.05, 3.63) is 17.7 Å². The Kier molecular flexibility index (Phi) is 6.96. The molecule has 9 heteroatoms. The standard InChI is InChI=1S/C17H27N3O5S/c1-5-18-17(20-12-6-7-26(21,22)11-12)19-10-14-15(24-3)8-13(23-2)9-16(14)25-4/h8-9,12H,5-7,10-11H2,1-4H3,(H2,18,19,20). The zero-order chi connectivity index (χ0) is 19.2. The van der Waals surface area contributed by atoms with E-state index in [1.54, 1.807) is 33.5 Å². The summed E-state index contributed by atoms with van der Waals surface area (Å²) < 4.78 is 39.4. The lowest BCUT2D eigenvalue weighted by molar-refractivity contribution is 0.369. The van der Waals surface area contributed by atoms with Gasteiger partial charge in [-0.3, -0.25) is 0 Å². The number of aliphatic imine (C=N–C) groups is 1. The fourth-order valence-electron chi connectivity index (χ4n) is 2.81. The molecule has 0 aliphatic carbocycles. The zero-order valence-corrected chi connectivity index (χ0v) is 16.5. The molecule has 26 heavy (non-hydrogen) atoms. The van der Waals surface area contributed by atoms with Crippen molar-refractivity contribution >= 4 is 15.8 Å². The second-order valence-electron chi connectivity index (χ2n) is 5.95. The molecule has 0 saturated carbocycles. The van der Waals surface area contributed by atoms with Gasteiger partial charge in [0.25, 0.3) is 0 Å². The highest BCUT2D eigenvalue weighted by molar-refractivity contribution is 7.91. The van der Waals surface area contributed by atoms with Gasteiger partial charge in [0.05, 0.1) is 44.9 Å². The van der Waals surface area contributed by atoms with Crippen molar-refractivity contribution in [2.45, 2.75) is 25.9 Å². The number of guanidine groups is 1. The van der Waals surface area contributed by atoms with Crippen molar-refractivity contribution < 1.29 is 22.6 Å². The molecule has 0 radical (unpaired) electrons. The van der Waals surface area contributed by atoms with Crippen LogP contribution in [-0.2, 0) is 16.4 Å². The van der Waals surface area contributed by atoms with Gasteiger partial charge in [-0.15, -0.1) is 0 Å². The second kappa shape index (κ2) is 8.98. The van der Waals surface area contributed by atoms with Gasteiger partial charge in [0, 0.05) is 24.7 Å². The normalized spacial score (nSPS) is 19.1. The lowest BCUT2D eigenvalue weighted by Crippen LogP contribution is -2.44. The Balaban J connectivity index is 2.21. The van der Waals surface area contributed by atoms with Gasteiger partial charge in [-0.1, -0.05) is 0 Å². The molecule has 8 nitrogen and oxygen atoms in total. The van der Waals surface area contributed by atoms with Crippen LogP contribution in [0.25, 0.3) is 0 Å². The van der Waals surface area contributed by atoms with Crippen molar-refractivity contribution in [2.75, 3.05) is 39.4 Å². The first-order valence-electron chi connectivity index (χ1n) is 8.46. The molecule has 1 atom stereocenters. The number of sulfone groups is 1. The van der Waals surface area contributed by atoms with Crippen LogP contribution in [0.5, 0.6) is 17.2 Å². The van der Waals surface area contributed by atoms with E-state index in [2.05, 4.69) is 15.6 Å². The Hall–Kier alpha value is -2.16. The molecule has 0 amide bonds. The molecule has 1 aromatic rings. The molecule has 1 aliphatic heterocycles. The largest absolute Gasteiger partial charge is 0.496 e. The van der Waals surface area contributed by atoms with E-state index in [0.717, 1.165) is 5.56 Å². The van der Waals surface area contributed by atoms with Crippen LogP contribution in [0.4, 0.5) is 0 Å². The Bertz CT molecular complexity index is 724. The summed E-state index contributed by atoms with van der Waals surface area (Å²) in [6, 6.07) is 3.42. The molecule has 0 spiro atoms. The topological polar surface area (TPSA) is 98.2 Å². The Morgan fingerprint density at radius 2 is 1.85 bits per heavy atom. The van der Waals surface area contributed by atoms with E-state index < -0.39 is 9.84 Å². The van der Waals surface area contributed by atoms with Crippen LogP contribution >= 0.6 is 0 Å². The smallest absolute Gasteiger partial charge is 0.191 e. The molecule has 1 saturated heterocycles. The third-order valence-electron chi connectivity index (χ3n) is 4.13. The third-order valence-corrected chi connectivity index (χ3v) is 5.90. The summed E-state index contributed by atoms with van der Waals surface area (Å²) >= 11 is 0. The number of methoxy groups -OCH3 is 3. The number of hydrogen-bond acceptors (Lipinski definition) is 6. The van der Waals surface area contributed by atoms with Crippen molar-refractivity contribution in [3.8, 4) is 17.2 Å². The summed E-state index contributed by atoms with van der Waals surface area (Å²) in [7, 11) is 1.78. The first kappa shape index (κ1) is 20.2. The highest BCUT2D eigenvalue weighted by Gasteiger charge is 2.28. The van der Waals surface area contributed by atoms with Crippen LogP contribution < -0.4 is 24.8 Å². The summed E-state index contributed by atoms with van der Waals surface area (Å²) in [5.74, 6) is 2.77. The quantitative estimate of drug-likeness (QED) is 0.533. The molecule has 1 unspecified atom stereocenters. The lowest BCUT2D eigenvalue weighted by Gasteiger charge is -2.17. The predicted octanol–water partition coefficient (Wildman–Crippen LogP) is 0.955. The van der Waals surface area contributed by atoms with Crippen LogP contribution in [0.3, 0.4) is 0 Å². The van der Waals surface area contributed by atoms with Gasteiger partial charge in [-0.2, -0.15) is 0 Å². The van der Waals surface area contributed by atoms with Crippen molar-refractivity contribution in [1.29, 1.82) is 0 Å². The van der Waals surface area contributed by atoms with Crippen LogP contribution in [0, 0.1) is 0 Å². The Morgan fingerprint density at radius 1 is 1.19 bits per heavy atom. The van der Waals surface area contributed by atoms with Crippen molar-refractivity contribution in [3.63, 3.8) is 0 Å². The van der Waals surface area contributed by atoms with E-state index in [1.165, 1.54) is 0 Å². The lowest BCUT2D eigenvalue weighted by atomic mass is 10.1. The molecule has 1 heterocycles. The monoisotopic (exact) mass is 385 g/mol. The summed E-state index contributed by atoms with van der Waals surface area (Å²) in [6.45, 7) is 2.93. The number of ether oxygens (including phenoxy) is 3. The fraction of sp³-hybridized carbons (Fsp3) is 0.588. The summed E-state index contributed by atoms with van der Waals surface area (Å²) in [5.41, 5.74) is 0.784. The van der Waals surface area contributed by atoms with Crippen molar-refractivity contribution in [1.82, 2.24) is 10.6 Å². The molecule has 2 N–H and O–H groups in total. The fourth-order valence-corrected chi connectivity index (χ4v) is 4.49. The van der Waals surface area contributed by atoms with Crippen LogP contribution in [-0.4, -0.2) is 59.8 Å². The predicted molar refractivity (Wildman–Crippen MR) is 101 cm³/mol. The van der Waals surface area contributed by atoms with E-state index in [4.69, 9.17) is 14.2 Å². The number of nitrogens with zero attached hydrogens (tertiary/aromatic N) is 1. The minimum Gasteiger partial charge on any atom is -0.496 e. The number of rotatable bonds is 7. The number of benzene rings is 1. The van der Waals surface area contributed by atoms with Gasteiger partial charge in [0.2, 0.25) is 0 Å². The maximum atomic E-state index is 11.6. The molecule has 1 aliphatic rings. The maximum absolute atomic E-state index is 11.6. The zero-order valence-electron chi connectivity index (χ0n) is 15.7. The van der Waals surface area contributed by atoms with E-state index >= 15 is 0 Å². The van der Waals surface area contributed by atoms with Crippen LogP contribution in [0.15, 0.2) is 17.1 Å². The van der Waals surface area contributed by atoms with E-state index in [0.29, 0.717) is 42.7 Å². The van der Waals surface area contributed by atoms with Gasteiger partial charge in [-0.25, -0.2) is 13.4 Å². The van der Waals surface area contributed by atoms with Gasteiger partial charge in [0.1, 0.15) is 17.2 Å². The molecule has 0 aromatic heterocycles. The molecule has 146 valence electrons. The summed E-state index contributed by atoms with van der Waals surface area (Å²) in [4.78, 5) is 4.57. The molecule has 1 fully saturated rings. The second-order valence-corrected chi connectivity index (χ2v) is 8.18. The molecule has 1 aromatic carbocycles. The van der Waals surface area contributed by atoms with Gasteiger partial charge >= 0.3 is 0 Å². The van der Waals surface area contributed by atoms with Crippen LogP contribution in [0.1, 0.15) is 18.9 Å². The first-order valence-corrected chi connectivity index (χ1v) is 10.3. The van der Waals surface area contributed by atoms with Gasteiger partial charge < -0.3 is 24.8 Å². The number of nitrogens with one attached hydrogen (secondary N) is 2. The van der Waals surface area contributed by atoms with Gasteiger partial charge in [0.15, 0.2) is 15.8 Å². The number of hydrogen-bond donors (Lipinski definition) is 2. The summed E-state index contributed by atoms with van der Waals surface area (Å²) in [5, 5.41) is 6.34. The van der Waals surface area contributed by atoms with E-state index in [9.17, 15) is 8.42 Å². The Morgan fingerprint density at radius 3 is 2.31 bits per heavy atom. The summed E-state index contributed by atoms with van der Waals surface area (Å²) in [6.07, 6.45) is 0.585. The minimum atomic E-state index is -2.95. The maximum Gasteiger partial charge on any atom is 0.191 e. The van der Waals surface area contributed by atoms with Crippen molar-refractivity contribution in [2.24, 2.45) is 4.99 Å². The molecular weight excluding hydrogens is 358 g/mol. The molecular formula is C17H27N3O5S. The molecule has 2 rings (SSSR count). The van der Waals surface area contributed by atoms with E-state index in [1.807, 2.05) is 6.92 Å². The average molecular weight is 385 g/mol. The SMILES string of the molecule is CCNC(=NCc1c(OC)cc(OC)cc1OC)NC1CCS(=O)(=O)C1. The van der Waals surface area contributed by atoms with E-state index in [-0.39, 0.29) is 17.5 Å². The average Bonchev–Trinajstić information content (AvgIpc) is 2.97. The first-order chi connectivity index (χ1) is 12.4. The highest BCUT2D eigenvalue weighted by Crippen LogP contribution is 2.34. The van der Waals surface area contributed by atoms with Crippen LogP contribution in [0.2, 0.25) is 0 Å². The highest BCUT2D eigenvalue weighted by atomic mass is 32.2. The molecule has 0 bridgehead atoms. The Labute approximate surface area is 154 Å². The van der Waals surface area contributed by atoms with Gasteiger partial charge in [-0.05, 0) is 13.3 Å². The minimum absolute atomic E-state index is 0.127. The third kappa shape index (κ3) is 5.17.